The van der Waals surface area contributed by atoms with E-state index < -0.39 is 0 Å². The van der Waals surface area contributed by atoms with E-state index in [2.05, 4.69) is 53.4 Å². The predicted octanol–water partition coefficient (Wildman–Crippen LogP) is 2.62. The van der Waals surface area contributed by atoms with Gasteiger partial charge in [0.05, 0.1) is 0 Å². The molecule has 1 rings (SSSR count). The van der Waals surface area contributed by atoms with Crippen LogP contribution < -0.4 is 0 Å². The van der Waals surface area contributed by atoms with E-state index in [1.54, 1.807) is 0 Å². The van der Waals surface area contributed by atoms with E-state index >= 15 is 0 Å². The van der Waals surface area contributed by atoms with Gasteiger partial charge in [-0.25, -0.2) is 0 Å². The van der Waals surface area contributed by atoms with Gasteiger partial charge >= 0.3 is 0 Å². The molecule has 1 heterocycles. The number of hydrogen-bond acceptors (Lipinski definition) is 2. The van der Waals surface area contributed by atoms with Crippen LogP contribution in [0.3, 0.4) is 0 Å². The van der Waals surface area contributed by atoms with Gasteiger partial charge in [-0.1, -0.05) is 29.5 Å². The molecular weight excluding hydrogens is 299 g/mol. The first-order chi connectivity index (χ1) is 7.13. The van der Waals surface area contributed by atoms with Crippen LogP contribution in [-0.4, -0.2) is 53.5 Å². The van der Waals surface area contributed by atoms with E-state index in [1.165, 1.54) is 45.3 Å². The summed E-state index contributed by atoms with van der Waals surface area (Å²) in [5, 5.41) is 0. The Hall–Kier alpha value is 0.650. The number of nitrogens with zero attached hydrogens (tertiary/aromatic N) is 2. The summed E-state index contributed by atoms with van der Waals surface area (Å²) in [4.78, 5) is 5.02. The molecule has 1 unspecified atom stereocenters. The Morgan fingerprint density at radius 3 is 2.53 bits per heavy atom. The molecule has 0 aromatic heterocycles. The number of likely N-dealkylation sites (tertiary alicyclic amines) is 1. The van der Waals surface area contributed by atoms with Crippen molar-refractivity contribution in [2.45, 2.75) is 42.6 Å². The molecule has 0 bridgehead atoms. The van der Waals surface area contributed by atoms with E-state index in [1.807, 2.05) is 0 Å². The predicted molar refractivity (Wildman–Crippen MR) is 75.9 cm³/mol. The fourth-order valence-electron chi connectivity index (χ4n) is 2.17. The maximum atomic E-state index is 2.58. The Morgan fingerprint density at radius 1 is 1.40 bits per heavy atom. The highest BCUT2D eigenvalue weighted by molar-refractivity contribution is 14.1. The molecule has 1 atom stereocenters. The normalized spacial score (nSPS) is 22.2. The van der Waals surface area contributed by atoms with Crippen LogP contribution in [-0.2, 0) is 0 Å². The van der Waals surface area contributed by atoms with Crippen molar-refractivity contribution in [2.24, 2.45) is 0 Å². The van der Waals surface area contributed by atoms with Crippen LogP contribution in [0.2, 0.25) is 0 Å². The molecule has 1 fully saturated rings. The second kappa shape index (κ2) is 7.07. The number of hydrogen-bond donors (Lipinski definition) is 0. The maximum Gasteiger partial charge on any atom is 0.0119 e. The number of rotatable bonds is 5. The molecule has 1 aliphatic rings. The van der Waals surface area contributed by atoms with Gasteiger partial charge in [0.25, 0.3) is 0 Å². The van der Waals surface area contributed by atoms with E-state index in [4.69, 9.17) is 0 Å². The third-order valence-corrected chi connectivity index (χ3v) is 5.05. The Morgan fingerprint density at radius 2 is 2.00 bits per heavy atom. The third-order valence-electron chi connectivity index (χ3n) is 3.55. The molecule has 2 nitrogen and oxygen atoms in total. The standard InChI is InChI=1S/C12H25IN2/c1-4-11(13)5-10-15(3)12-6-8-14(2)9-7-12/h11-12H,4-10H2,1-3H3. The first-order valence-electron chi connectivity index (χ1n) is 6.16. The van der Waals surface area contributed by atoms with Crippen LogP contribution in [0, 0.1) is 0 Å². The van der Waals surface area contributed by atoms with Crippen LogP contribution in [0.25, 0.3) is 0 Å². The van der Waals surface area contributed by atoms with Crippen molar-refractivity contribution >= 4 is 22.6 Å². The van der Waals surface area contributed by atoms with E-state index in [0.717, 1.165) is 9.97 Å². The average molecular weight is 324 g/mol. The summed E-state index contributed by atoms with van der Waals surface area (Å²) >= 11 is 2.58. The molecule has 0 aromatic carbocycles. The minimum Gasteiger partial charge on any atom is -0.306 e. The summed E-state index contributed by atoms with van der Waals surface area (Å²) in [5.41, 5.74) is 0. The smallest absolute Gasteiger partial charge is 0.0119 e. The highest BCUT2D eigenvalue weighted by Crippen LogP contribution is 2.16. The first kappa shape index (κ1) is 13.7. The molecule has 0 N–H and O–H groups in total. The molecule has 1 aliphatic heterocycles. The van der Waals surface area contributed by atoms with Gasteiger partial charge in [0, 0.05) is 9.97 Å². The Kier molecular flexibility index (Phi) is 6.46. The summed E-state index contributed by atoms with van der Waals surface area (Å²) in [6, 6.07) is 0.835. The fourth-order valence-corrected chi connectivity index (χ4v) is 2.44. The average Bonchev–Trinajstić information content (AvgIpc) is 2.26. The summed E-state index contributed by atoms with van der Waals surface area (Å²) < 4.78 is 0.858. The van der Waals surface area contributed by atoms with Crippen LogP contribution >= 0.6 is 22.6 Å². The van der Waals surface area contributed by atoms with Crippen molar-refractivity contribution in [3.63, 3.8) is 0 Å². The second-order valence-electron chi connectivity index (χ2n) is 4.81. The molecule has 0 amide bonds. The molecule has 0 saturated carbocycles. The van der Waals surface area contributed by atoms with E-state index in [-0.39, 0.29) is 0 Å². The molecule has 1 saturated heterocycles. The SMILES string of the molecule is CCC(I)CCN(C)C1CCN(C)CC1. The van der Waals surface area contributed by atoms with Crippen molar-refractivity contribution in [3.05, 3.63) is 0 Å². The van der Waals surface area contributed by atoms with Crippen LogP contribution in [0.4, 0.5) is 0 Å². The Balaban J connectivity index is 2.19. The van der Waals surface area contributed by atoms with Gasteiger partial charge in [-0.3, -0.25) is 0 Å². The molecule has 3 heteroatoms. The van der Waals surface area contributed by atoms with E-state index in [0.29, 0.717) is 0 Å². The largest absolute Gasteiger partial charge is 0.306 e. The minimum atomic E-state index is 0.835. The summed E-state index contributed by atoms with van der Waals surface area (Å²) in [5.74, 6) is 0. The van der Waals surface area contributed by atoms with Crippen molar-refractivity contribution in [1.82, 2.24) is 9.80 Å². The third kappa shape index (κ3) is 5.00. The summed E-state index contributed by atoms with van der Waals surface area (Å²) in [6.07, 6.45) is 5.36. The van der Waals surface area contributed by atoms with E-state index in [9.17, 15) is 0 Å². The Bertz CT molecular complexity index is 167. The van der Waals surface area contributed by atoms with Crippen molar-refractivity contribution in [3.8, 4) is 0 Å². The molecule has 0 aliphatic carbocycles. The summed E-state index contributed by atoms with van der Waals surface area (Å²) in [7, 11) is 4.53. The zero-order chi connectivity index (χ0) is 11.3. The molecule has 0 radical (unpaired) electrons. The Labute approximate surface area is 109 Å². The monoisotopic (exact) mass is 324 g/mol. The lowest BCUT2D eigenvalue weighted by Gasteiger charge is -2.35. The quantitative estimate of drug-likeness (QED) is 0.567. The lowest BCUT2D eigenvalue weighted by molar-refractivity contribution is 0.143. The van der Waals surface area contributed by atoms with Crippen LogP contribution in [0.1, 0.15) is 32.6 Å². The summed E-state index contributed by atoms with van der Waals surface area (Å²) in [6.45, 7) is 6.11. The highest BCUT2D eigenvalue weighted by atomic mass is 127. The minimum absolute atomic E-state index is 0.835. The molecule has 0 spiro atoms. The fraction of sp³-hybridized carbons (Fsp3) is 1.00. The van der Waals surface area contributed by atoms with Crippen LogP contribution in [0.15, 0.2) is 0 Å². The van der Waals surface area contributed by atoms with Crippen molar-refractivity contribution < 1.29 is 0 Å². The lowest BCUT2D eigenvalue weighted by Crippen LogP contribution is -2.42. The van der Waals surface area contributed by atoms with Gasteiger partial charge in [-0.2, -0.15) is 0 Å². The lowest BCUT2D eigenvalue weighted by atomic mass is 10.0. The second-order valence-corrected chi connectivity index (χ2v) is 6.57. The zero-order valence-corrected chi connectivity index (χ0v) is 12.5. The van der Waals surface area contributed by atoms with Gasteiger partial charge in [-0.05, 0) is 59.4 Å². The molecule has 90 valence electrons. The first-order valence-corrected chi connectivity index (χ1v) is 7.41. The van der Waals surface area contributed by atoms with Crippen molar-refractivity contribution in [2.75, 3.05) is 33.7 Å². The van der Waals surface area contributed by atoms with Crippen LogP contribution in [0.5, 0.6) is 0 Å². The van der Waals surface area contributed by atoms with Gasteiger partial charge < -0.3 is 9.80 Å². The number of halogens is 1. The maximum absolute atomic E-state index is 2.58. The topological polar surface area (TPSA) is 6.48 Å². The molecular formula is C12H25IN2. The zero-order valence-electron chi connectivity index (χ0n) is 10.4. The van der Waals surface area contributed by atoms with Gasteiger partial charge in [0.2, 0.25) is 0 Å². The van der Waals surface area contributed by atoms with Crippen molar-refractivity contribution in [1.29, 1.82) is 0 Å². The molecule has 0 aromatic rings. The number of piperidine rings is 1. The van der Waals surface area contributed by atoms with Gasteiger partial charge in [0.1, 0.15) is 0 Å². The van der Waals surface area contributed by atoms with Gasteiger partial charge in [0.15, 0.2) is 0 Å². The van der Waals surface area contributed by atoms with Gasteiger partial charge in [-0.15, -0.1) is 0 Å². The number of alkyl halides is 1. The molecule has 15 heavy (non-hydrogen) atoms. The highest BCUT2D eigenvalue weighted by Gasteiger charge is 2.20.